The molecule has 2 aromatic rings. The van der Waals surface area contributed by atoms with Crippen molar-refractivity contribution in [3.63, 3.8) is 0 Å². The van der Waals surface area contributed by atoms with E-state index < -0.39 is 4.92 Å². The molecule has 0 aliphatic heterocycles. The second-order valence-corrected chi connectivity index (χ2v) is 4.99. The quantitative estimate of drug-likeness (QED) is 0.662. The monoisotopic (exact) mass is 336 g/mol. The molecule has 104 valence electrons. The van der Waals surface area contributed by atoms with Crippen LogP contribution in [0.3, 0.4) is 0 Å². The largest absolute Gasteiger partial charge is 0.482 e. The molecule has 0 aliphatic rings. The predicted octanol–water partition coefficient (Wildman–Crippen LogP) is 3.98. The van der Waals surface area contributed by atoms with Crippen molar-refractivity contribution in [2.75, 3.05) is 12.4 Å². The van der Waals surface area contributed by atoms with Crippen LogP contribution in [0.4, 0.5) is 11.4 Å². The molecule has 0 heterocycles. The first kappa shape index (κ1) is 14.3. The summed E-state index contributed by atoms with van der Waals surface area (Å²) in [5, 5.41) is 13.9. The molecule has 6 heteroatoms. The van der Waals surface area contributed by atoms with Crippen molar-refractivity contribution in [1.29, 1.82) is 0 Å². The molecule has 0 radical (unpaired) electrons. The highest BCUT2D eigenvalue weighted by molar-refractivity contribution is 9.10. The van der Waals surface area contributed by atoms with E-state index in [-0.39, 0.29) is 18.0 Å². The molecular weight excluding hydrogens is 324 g/mol. The van der Waals surface area contributed by atoms with Crippen molar-refractivity contribution in [3.8, 4) is 5.75 Å². The van der Waals surface area contributed by atoms with Gasteiger partial charge in [0.2, 0.25) is 0 Å². The highest BCUT2D eigenvalue weighted by Crippen LogP contribution is 2.34. The van der Waals surface area contributed by atoms with Gasteiger partial charge in [0.15, 0.2) is 5.75 Å². The smallest absolute Gasteiger partial charge is 0.333 e. The number of rotatable bonds is 5. The summed E-state index contributed by atoms with van der Waals surface area (Å²) in [5.41, 5.74) is 1.33. The van der Waals surface area contributed by atoms with E-state index >= 15 is 0 Å². The molecule has 0 saturated heterocycles. The topological polar surface area (TPSA) is 64.4 Å². The van der Waals surface area contributed by atoms with Gasteiger partial charge in [0.05, 0.1) is 4.92 Å². The van der Waals surface area contributed by atoms with E-state index in [4.69, 9.17) is 4.74 Å². The maximum Gasteiger partial charge on any atom is 0.333 e. The minimum atomic E-state index is -0.442. The van der Waals surface area contributed by atoms with Crippen LogP contribution in [-0.2, 0) is 6.61 Å². The second-order valence-electron chi connectivity index (χ2n) is 4.07. The average molecular weight is 337 g/mol. The lowest BCUT2D eigenvalue weighted by atomic mass is 10.2. The highest BCUT2D eigenvalue weighted by Gasteiger charge is 2.20. The zero-order valence-corrected chi connectivity index (χ0v) is 12.4. The van der Waals surface area contributed by atoms with Crippen LogP contribution in [0.15, 0.2) is 46.9 Å². The molecule has 0 aromatic heterocycles. The van der Waals surface area contributed by atoms with Crippen molar-refractivity contribution >= 4 is 27.3 Å². The van der Waals surface area contributed by atoms with Gasteiger partial charge < -0.3 is 10.1 Å². The third kappa shape index (κ3) is 3.27. The molecule has 0 atom stereocenters. The fourth-order valence-corrected chi connectivity index (χ4v) is 2.03. The first-order valence-electron chi connectivity index (χ1n) is 5.94. The van der Waals surface area contributed by atoms with Crippen molar-refractivity contribution in [2.24, 2.45) is 0 Å². The molecule has 0 fully saturated rings. The number of nitro benzene ring substituents is 1. The van der Waals surface area contributed by atoms with Gasteiger partial charge in [-0.25, -0.2) is 0 Å². The van der Waals surface area contributed by atoms with Crippen molar-refractivity contribution in [2.45, 2.75) is 6.61 Å². The number of nitrogens with zero attached hydrogens (tertiary/aromatic N) is 1. The van der Waals surface area contributed by atoms with E-state index in [1.165, 1.54) is 0 Å². The maximum atomic E-state index is 11.1. The first-order valence-corrected chi connectivity index (χ1v) is 6.73. The summed E-state index contributed by atoms with van der Waals surface area (Å²) in [6.07, 6.45) is 0. The van der Waals surface area contributed by atoms with Crippen LogP contribution < -0.4 is 10.1 Å². The Morgan fingerprint density at radius 2 is 1.95 bits per heavy atom. The molecule has 0 aliphatic carbocycles. The van der Waals surface area contributed by atoms with Crippen LogP contribution >= 0.6 is 15.9 Å². The van der Waals surface area contributed by atoms with Crippen molar-refractivity contribution in [3.05, 3.63) is 62.6 Å². The molecule has 2 aromatic carbocycles. The van der Waals surface area contributed by atoms with Gasteiger partial charge in [-0.1, -0.05) is 34.1 Å². The molecule has 0 spiro atoms. The molecule has 0 unspecified atom stereocenters. The Bertz CT molecular complexity index is 614. The Morgan fingerprint density at radius 3 is 2.55 bits per heavy atom. The number of para-hydroxylation sites is 1. The third-order valence-corrected chi connectivity index (χ3v) is 3.29. The molecule has 1 N–H and O–H groups in total. The molecular formula is C14H13BrN2O3. The zero-order chi connectivity index (χ0) is 14.5. The zero-order valence-electron chi connectivity index (χ0n) is 10.8. The number of hydrogen-bond acceptors (Lipinski definition) is 4. The summed E-state index contributed by atoms with van der Waals surface area (Å²) in [7, 11) is 1.64. The van der Waals surface area contributed by atoms with Gasteiger partial charge in [0, 0.05) is 11.5 Å². The molecule has 2 rings (SSSR count). The van der Waals surface area contributed by atoms with E-state index in [0.717, 1.165) is 10.0 Å². The Hall–Kier alpha value is -2.08. The average Bonchev–Trinajstić information content (AvgIpc) is 2.46. The number of halogens is 1. The Kier molecular flexibility index (Phi) is 4.57. The maximum absolute atomic E-state index is 11.1. The normalized spacial score (nSPS) is 10.1. The molecule has 5 nitrogen and oxygen atoms in total. The van der Waals surface area contributed by atoms with Crippen LogP contribution in [0.5, 0.6) is 5.75 Å². The summed E-state index contributed by atoms with van der Waals surface area (Å²) in [6.45, 7) is 0.279. The van der Waals surface area contributed by atoms with Crippen LogP contribution in [0, 0.1) is 10.1 Å². The van der Waals surface area contributed by atoms with Gasteiger partial charge >= 0.3 is 5.69 Å². The highest BCUT2D eigenvalue weighted by atomic mass is 79.9. The Morgan fingerprint density at radius 1 is 1.25 bits per heavy atom. The third-order valence-electron chi connectivity index (χ3n) is 2.76. The van der Waals surface area contributed by atoms with E-state index in [0.29, 0.717) is 5.69 Å². The number of benzene rings is 2. The summed E-state index contributed by atoms with van der Waals surface area (Å²) in [6, 6.07) is 12.6. The minimum Gasteiger partial charge on any atom is -0.482 e. The van der Waals surface area contributed by atoms with Crippen molar-refractivity contribution in [1.82, 2.24) is 0 Å². The Labute approximate surface area is 124 Å². The summed E-state index contributed by atoms with van der Waals surface area (Å²) in [4.78, 5) is 10.7. The number of nitrogens with one attached hydrogen (secondary N) is 1. The fourth-order valence-electron chi connectivity index (χ4n) is 1.77. The molecule has 20 heavy (non-hydrogen) atoms. The van der Waals surface area contributed by atoms with Gasteiger partial charge in [0.25, 0.3) is 0 Å². The van der Waals surface area contributed by atoms with Crippen LogP contribution in [0.25, 0.3) is 0 Å². The van der Waals surface area contributed by atoms with Crippen LogP contribution in [0.2, 0.25) is 0 Å². The number of ether oxygens (including phenoxy) is 1. The lowest BCUT2D eigenvalue weighted by molar-refractivity contribution is -0.385. The predicted molar refractivity (Wildman–Crippen MR) is 81.1 cm³/mol. The van der Waals surface area contributed by atoms with Gasteiger partial charge in [-0.15, -0.1) is 0 Å². The van der Waals surface area contributed by atoms with Crippen LogP contribution in [0.1, 0.15) is 5.56 Å². The van der Waals surface area contributed by atoms with Gasteiger partial charge in [0.1, 0.15) is 12.3 Å². The van der Waals surface area contributed by atoms with E-state index in [1.54, 1.807) is 25.2 Å². The standard InChI is InChI=1S/C14H13BrN2O3/c1-16-12-3-2-4-13(14(12)17(18)19)20-9-10-5-7-11(15)8-6-10/h2-8,16H,9H2,1H3. The summed E-state index contributed by atoms with van der Waals surface area (Å²) >= 11 is 3.35. The van der Waals surface area contributed by atoms with Crippen molar-refractivity contribution < 1.29 is 9.66 Å². The number of hydrogen-bond donors (Lipinski definition) is 1. The molecule has 0 bridgehead atoms. The van der Waals surface area contributed by atoms with E-state index in [2.05, 4.69) is 21.2 Å². The molecule has 0 saturated carbocycles. The fraction of sp³-hybridized carbons (Fsp3) is 0.143. The number of nitro groups is 1. The lowest BCUT2D eigenvalue weighted by Crippen LogP contribution is -2.02. The second kappa shape index (κ2) is 6.38. The lowest BCUT2D eigenvalue weighted by Gasteiger charge is -2.09. The SMILES string of the molecule is CNc1cccc(OCc2ccc(Br)cc2)c1[N+](=O)[O-]. The summed E-state index contributed by atoms with van der Waals surface area (Å²) in [5.74, 6) is 0.254. The number of anilines is 1. The van der Waals surface area contributed by atoms with Gasteiger partial charge in [-0.3, -0.25) is 10.1 Å². The first-order chi connectivity index (χ1) is 9.61. The van der Waals surface area contributed by atoms with E-state index in [1.807, 2.05) is 24.3 Å². The van der Waals surface area contributed by atoms with E-state index in [9.17, 15) is 10.1 Å². The molecule has 0 amide bonds. The summed E-state index contributed by atoms with van der Waals surface area (Å²) < 4.78 is 6.55. The van der Waals surface area contributed by atoms with Gasteiger partial charge in [-0.05, 0) is 29.8 Å². The Balaban J connectivity index is 2.21. The van der Waals surface area contributed by atoms with Gasteiger partial charge in [-0.2, -0.15) is 0 Å². The minimum absolute atomic E-state index is 0.0490. The van der Waals surface area contributed by atoms with Crippen LogP contribution in [-0.4, -0.2) is 12.0 Å².